The fourth-order valence-corrected chi connectivity index (χ4v) is 1.78. The molecular weight excluding hydrogens is 228 g/mol. The highest BCUT2D eigenvalue weighted by atomic mass is 16.5. The van der Waals surface area contributed by atoms with E-state index in [4.69, 9.17) is 10.3 Å². The molecule has 5 nitrogen and oxygen atoms in total. The van der Waals surface area contributed by atoms with Gasteiger partial charge in [-0.1, -0.05) is 29.4 Å². The summed E-state index contributed by atoms with van der Waals surface area (Å²) in [4.78, 5) is 6.45. The van der Waals surface area contributed by atoms with Crippen molar-refractivity contribution in [1.82, 2.24) is 15.0 Å². The van der Waals surface area contributed by atoms with E-state index in [-0.39, 0.29) is 0 Å². The minimum atomic E-state index is 0.615. The number of aromatic nitrogens is 2. The van der Waals surface area contributed by atoms with Gasteiger partial charge in [0.1, 0.15) is 0 Å². The Kier molecular flexibility index (Phi) is 4.07. The zero-order chi connectivity index (χ0) is 13.0. The van der Waals surface area contributed by atoms with Gasteiger partial charge in [-0.2, -0.15) is 4.98 Å². The van der Waals surface area contributed by atoms with Crippen molar-refractivity contribution in [2.45, 2.75) is 13.5 Å². The van der Waals surface area contributed by atoms with Crippen LogP contribution in [0.25, 0.3) is 11.4 Å². The number of hydrogen-bond acceptors (Lipinski definition) is 5. The normalized spacial score (nSPS) is 11.1. The Hall–Kier alpha value is -1.72. The van der Waals surface area contributed by atoms with Gasteiger partial charge in [0, 0.05) is 18.7 Å². The van der Waals surface area contributed by atoms with Crippen molar-refractivity contribution in [3.63, 3.8) is 0 Å². The average molecular weight is 246 g/mol. The van der Waals surface area contributed by atoms with Crippen molar-refractivity contribution in [2.24, 2.45) is 5.73 Å². The van der Waals surface area contributed by atoms with E-state index in [9.17, 15) is 0 Å². The first-order chi connectivity index (χ1) is 8.70. The fraction of sp³-hybridized carbons (Fsp3) is 0.385. The van der Waals surface area contributed by atoms with Gasteiger partial charge in [0.2, 0.25) is 11.7 Å². The van der Waals surface area contributed by atoms with Gasteiger partial charge in [0.05, 0.1) is 6.54 Å². The molecule has 0 spiro atoms. The number of rotatable bonds is 5. The summed E-state index contributed by atoms with van der Waals surface area (Å²) in [6.07, 6.45) is 0. The first-order valence-electron chi connectivity index (χ1n) is 5.98. The van der Waals surface area contributed by atoms with Crippen LogP contribution in [-0.2, 0) is 6.54 Å². The quantitative estimate of drug-likeness (QED) is 0.864. The zero-order valence-corrected chi connectivity index (χ0v) is 10.8. The van der Waals surface area contributed by atoms with Crippen LogP contribution in [0.2, 0.25) is 0 Å². The standard InChI is InChI=1S/C13H18N4O/c1-10-5-3-4-6-11(10)13-15-12(18-16-13)9-17(2)8-7-14/h3-6H,7-9,14H2,1-2H3. The van der Waals surface area contributed by atoms with Crippen molar-refractivity contribution in [2.75, 3.05) is 20.1 Å². The fourth-order valence-electron chi connectivity index (χ4n) is 1.78. The van der Waals surface area contributed by atoms with E-state index >= 15 is 0 Å². The molecule has 0 aliphatic rings. The maximum Gasteiger partial charge on any atom is 0.241 e. The van der Waals surface area contributed by atoms with E-state index in [1.165, 1.54) is 0 Å². The number of nitrogens with two attached hydrogens (primary N) is 1. The number of hydrogen-bond donors (Lipinski definition) is 1. The maximum absolute atomic E-state index is 5.49. The Bertz CT molecular complexity index is 509. The van der Waals surface area contributed by atoms with E-state index in [0.717, 1.165) is 17.7 Å². The monoisotopic (exact) mass is 246 g/mol. The molecule has 0 fully saturated rings. The predicted octanol–water partition coefficient (Wildman–Crippen LogP) is 1.44. The van der Waals surface area contributed by atoms with E-state index in [0.29, 0.717) is 24.8 Å². The minimum Gasteiger partial charge on any atom is -0.338 e. The average Bonchev–Trinajstić information content (AvgIpc) is 2.78. The summed E-state index contributed by atoms with van der Waals surface area (Å²) in [6.45, 7) is 4.08. The van der Waals surface area contributed by atoms with Gasteiger partial charge in [-0.05, 0) is 19.5 Å². The molecule has 2 rings (SSSR count). The topological polar surface area (TPSA) is 68.2 Å². The summed E-state index contributed by atoms with van der Waals surface area (Å²) in [6, 6.07) is 7.99. The van der Waals surface area contributed by atoms with Crippen LogP contribution in [0.15, 0.2) is 28.8 Å². The van der Waals surface area contributed by atoms with E-state index in [1.807, 2.05) is 38.2 Å². The Morgan fingerprint density at radius 1 is 1.33 bits per heavy atom. The second-order valence-corrected chi connectivity index (χ2v) is 4.35. The molecule has 0 bridgehead atoms. The lowest BCUT2D eigenvalue weighted by atomic mass is 10.1. The third-order valence-corrected chi connectivity index (χ3v) is 2.77. The predicted molar refractivity (Wildman–Crippen MR) is 69.9 cm³/mol. The summed E-state index contributed by atoms with van der Waals surface area (Å²) in [5.74, 6) is 1.26. The molecule has 0 unspecified atom stereocenters. The summed E-state index contributed by atoms with van der Waals surface area (Å²) in [5, 5.41) is 4.02. The van der Waals surface area contributed by atoms with Gasteiger partial charge in [0.15, 0.2) is 0 Å². The molecule has 0 amide bonds. The summed E-state index contributed by atoms with van der Waals surface area (Å²) in [5.41, 5.74) is 7.64. The highest BCUT2D eigenvalue weighted by Crippen LogP contribution is 2.19. The van der Waals surface area contributed by atoms with Gasteiger partial charge in [0.25, 0.3) is 0 Å². The SMILES string of the molecule is Cc1ccccc1-c1noc(CN(C)CCN)n1. The maximum atomic E-state index is 5.49. The summed E-state index contributed by atoms with van der Waals surface area (Å²) in [7, 11) is 1.98. The Morgan fingerprint density at radius 2 is 2.11 bits per heavy atom. The smallest absolute Gasteiger partial charge is 0.241 e. The molecule has 0 saturated carbocycles. The molecule has 5 heteroatoms. The van der Waals surface area contributed by atoms with Crippen LogP contribution in [0.5, 0.6) is 0 Å². The number of likely N-dealkylation sites (N-methyl/N-ethyl adjacent to an activating group) is 1. The summed E-state index contributed by atoms with van der Waals surface area (Å²) >= 11 is 0. The molecule has 18 heavy (non-hydrogen) atoms. The van der Waals surface area contributed by atoms with Crippen molar-refractivity contribution >= 4 is 0 Å². The lowest BCUT2D eigenvalue weighted by Gasteiger charge is -2.11. The van der Waals surface area contributed by atoms with Crippen LogP contribution in [0.3, 0.4) is 0 Å². The third-order valence-electron chi connectivity index (χ3n) is 2.77. The largest absolute Gasteiger partial charge is 0.338 e. The number of benzene rings is 1. The van der Waals surface area contributed by atoms with Crippen LogP contribution < -0.4 is 5.73 Å². The first kappa shape index (κ1) is 12.7. The van der Waals surface area contributed by atoms with Gasteiger partial charge >= 0.3 is 0 Å². The van der Waals surface area contributed by atoms with Gasteiger partial charge in [-0.25, -0.2) is 0 Å². The molecule has 1 aromatic heterocycles. The van der Waals surface area contributed by atoms with Crippen molar-refractivity contribution in [1.29, 1.82) is 0 Å². The molecule has 0 atom stereocenters. The second kappa shape index (κ2) is 5.75. The highest BCUT2D eigenvalue weighted by Gasteiger charge is 2.11. The molecule has 1 heterocycles. The molecule has 0 aliphatic heterocycles. The first-order valence-corrected chi connectivity index (χ1v) is 5.98. The van der Waals surface area contributed by atoms with Crippen LogP contribution in [-0.4, -0.2) is 35.2 Å². The highest BCUT2D eigenvalue weighted by molar-refractivity contribution is 5.58. The molecular formula is C13H18N4O. The van der Waals surface area contributed by atoms with E-state index < -0.39 is 0 Å². The van der Waals surface area contributed by atoms with Crippen LogP contribution in [0.1, 0.15) is 11.5 Å². The van der Waals surface area contributed by atoms with Gasteiger partial charge < -0.3 is 10.3 Å². The third kappa shape index (κ3) is 2.94. The van der Waals surface area contributed by atoms with E-state index in [1.54, 1.807) is 0 Å². The molecule has 96 valence electrons. The van der Waals surface area contributed by atoms with E-state index in [2.05, 4.69) is 15.0 Å². The Morgan fingerprint density at radius 3 is 2.83 bits per heavy atom. The van der Waals surface area contributed by atoms with Gasteiger partial charge in [-0.3, -0.25) is 4.90 Å². The van der Waals surface area contributed by atoms with Crippen molar-refractivity contribution < 1.29 is 4.52 Å². The zero-order valence-electron chi connectivity index (χ0n) is 10.8. The minimum absolute atomic E-state index is 0.615. The summed E-state index contributed by atoms with van der Waals surface area (Å²) < 4.78 is 5.25. The van der Waals surface area contributed by atoms with Crippen molar-refractivity contribution in [3.8, 4) is 11.4 Å². The Balaban J connectivity index is 2.13. The molecule has 0 saturated heterocycles. The molecule has 0 radical (unpaired) electrons. The Labute approximate surface area is 107 Å². The molecule has 2 aromatic rings. The van der Waals surface area contributed by atoms with Gasteiger partial charge in [-0.15, -0.1) is 0 Å². The van der Waals surface area contributed by atoms with Crippen LogP contribution in [0.4, 0.5) is 0 Å². The lowest BCUT2D eigenvalue weighted by Crippen LogP contribution is -2.25. The number of nitrogens with zero attached hydrogens (tertiary/aromatic N) is 3. The van der Waals surface area contributed by atoms with Crippen LogP contribution >= 0.6 is 0 Å². The molecule has 1 aromatic carbocycles. The molecule has 0 aliphatic carbocycles. The molecule has 2 N–H and O–H groups in total. The second-order valence-electron chi connectivity index (χ2n) is 4.35. The lowest BCUT2D eigenvalue weighted by molar-refractivity contribution is 0.272. The number of aryl methyl sites for hydroxylation is 1. The van der Waals surface area contributed by atoms with Crippen LogP contribution in [0, 0.1) is 6.92 Å². The van der Waals surface area contributed by atoms with Crippen molar-refractivity contribution in [3.05, 3.63) is 35.7 Å².